The number of ketones is 1. The summed E-state index contributed by atoms with van der Waals surface area (Å²) in [5.41, 5.74) is 1.44. The molecule has 1 aromatic carbocycles. The molecule has 4 rings (SSSR count). The highest BCUT2D eigenvalue weighted by Gasteiger charge is 2.53. The van der Waals surface area contributed by atoms with Crippen molar-refractivity contribution in [3.63, 3.8) is 0 Å². The molecule has 2 heterocycles. The highest BCUT2D eigenvalue weighted by molar-refractivity contribution is 7.10. The van der Waals surface area contributed by atoms with E-state index < -0.39 is 5.60 Å². The minimum atomic E-state index is -0.407. The first-order chi connectivity index (χ1) is 10.0. The van der Waals surface area contributed by atoms with Crippen LogP contribution in [-0.4, -0.2) is 18.5 Å². The van der Waals surface area contributed by atoms with E-state index in [2.05, 4.69) is 13.8 Å². The maximum atomic E-state index is 12.8. The summed E-state index contributed by atoms with van der Waals surface area (Å²) < 4.78 is 11.5. The van der Waals surface area contributed by atoms with Crippen LogP contribution < -0.4 is 9.47 Å². The summed E-state index contributed by atoms with van der Waals surface area (Å²) in [7, 11) is 1.64. The van der Waals surface area contributed by atoms with Crippen molar-refractivity contribution in [2.24, 2.45) is 0 Å². The van der Waals surface area contributed by atoms with Gasteiger partial charge in [-0.1, -0.05) is 6.07 Å². The molecule has 0 spiro atoms. The summed E-state index contributed by atoms with van der Waals surface area (Å²) in [5.74, 6) is 1.71. The first-order valence-corrected chi connectivity index (χ1v) is 7.89. The molecule has 1 aliphatic heterocycles. The van der Waals surface area contributed by atoms with Gasteiger partial charge in [0.15, 0.2) is 5.78 Å². The maximum absolute atomic E-state index is 12.8. The van der Waals surface area contributed by atoms with Crippen molar-refractivity contribution in [3.8, 4) is 11.5 Å². The Morgan fingerprint density at radius 1 is 1.29 bits per heavy atom. The first-order valence-electron chi connectivity index (χ1n) is 7.01. The zero-order chi connectivity index (χ0) is 14.8. The Morgan fingerprint density at radius 3 is 2.86 bits per heavy atom. The van der Waals surface area contributed by atoms with Gasteiger partial charge in [-0.3, -0.25) is 4.79 Å². The number of Topliss-reactive ketones (excluding diaryl/α,β-unsaturated/α-hetero) is 1. The molecule has 0 bridgehead atoms. The predicted molar refractivity (Wildman–Crippen MR) is 81.8 cm³/mol. The largest absolute Gasteiger partial charge is 0.497 e. The number of thiophene rings is 1. The minimum absolute atomic E-state index is 0.0981. The second-order valence-corrected chi connectivity index (χ2v) is 7.08. The first kappa shape index (κ1) is 12.9. The van der Waals surface area contributed by atoms with Gasteiger partial charge >= 0.3 is 0 Å². The van der Waals surface area contributed by atoms with Crippen molar-refractivity contribution in [2.45, 2.75) is 31.3 Å². The van der Waals surface area contributed by atoms with Crippen LogP contribution in [0.3, 0.4) is 0 Å². The van der Waals surface area contributed by atoms with E-state index in [1.54, 1.807) is 18.4 Å². The summed E-state index contributed by atoms with van der Waals surface area (Å²) in [6, 6.07) is 7.69. The molecule has 4 heteroatoms. The molecule has 21 heavy (non-hydrogen) atoms. The summed E-state index contributed by atoms with van der Waals surface area (Å²) >= 11 is 1.66. The molecule has 2 aliphatic rings. The van der Waals surface area contributed by atoms with Gasteiger partial charge in [-0.2, -0.15) is 0 Å². The fourth-order valence-electron chi connectivity index (χ4n) is 3.61. The summed E-state index contributed by atoms with van der Waals surface area (Å²) in [6.45, 7) is 4.13. The van der Waals surface area contributed by atoms with E-state index in [4.69, 9.17) is 9.47 Å². The lowest BCUT2D eigenvalue weighted by Crippen LogP contribution is -2.42. The third kappa shape index (κ3) is 1.62. The molecular weight excluding hydrogens is 284 g/mol. The average Bonchev–Trinajstić information content (AvgIpc) is 3.01. The van der Waals surface area contributed by atoms with Crippen LogP contribution >= 0.6 is 11.3 Å². The Morgan fingerprint density at radius 2 is 2.10 bits per heavy atom. The zero-order valence-corrected chi connectivity index (χ0v) is 13.0. The van der Waals surface area contributed by atoms with Crippen molar-refractivity contribution >= 4 is 17.1 Å². The number of hydrogen-bond donors (Lipinski definition) is 0. The molecule has 0 saturated heterocycles. The van der Waals surface area contributed by atoms with E-state index in [-0.39, 0.29) is 17.6 Å². The average molecular weight is 300 g/mol. The van der Waals surface area contributed by atoms with Crippen molar-refractivity contribution in [2.75, 3.05) is 7.11 Å². The second-order valence-electron chi connectivity index (χ2n) is 6.13. The Balaban J connectivity index is 1.93. The van der Waals surface area contributed by atoms with Crippen LogP contribution in [0.2, 0.25) is 0 Å². The van der Waals surface area contributed by atoms with E-state index in [0.717, 1.165) is 27.5 Å². The monoisotopic (exact) mass is 300 g/mol. The van der Waals surface area contributed by atoms with Gasteiger partial charge in [-0.15, -0.1) is 11.3 Å². The SMILES string of the molecule is COc1ccc2c(c1)OC(C)(C)[C@H]1c3sccc3C(=O)[C@@H]21. The van der Waals surface area contributed by atoms with Gasteiger partial charge in [0.2, 0.25) is 0 Å². The lowest BCUT2D eigenvalue weighted by atomic mass is 9.76. The highest BCUT2D eigenvalue weighted by atomic mass is 32.1. The number of methoxy groups -OCH3 is 1. The number of carbonyl (C=O) groups excluding carboxylic acids is 1. The second kappa shape index (κ2) is 4.10. The number of fused-ring (bicyclic) bond motifs is 5. The molecule has 0 radical (unpaired) electrons. The number of hydrogen-bond acceptors (Lipinski definition) is 4. The molecule has 0 N–H and O–H groups in total. The fraction of sp³-hybridized carbons (Fsp3) is 0.353. The Hall–Kier alpha value is -1.81. The van der Waals surface area contributed by atoms with Crippen LogP contribution in [0.25, 0.3) is 0 Å². The van der Waals surface area contributed by atoms with Gasteiger partial charge in [0.25, 0.3) is 0 Å². The van der Waals surface area contributed by atoms with Crippen molar-refractivity contribution in [1.82, 2.24) is 0 Å². The fourth-order valence-corrected chi connectivity index (χ4v) is 4.82. The van der Waals surface area contributed by atoms with E-state index in [1.807, 2.05) is 29.6 Å². The molecule has 2 atom stereocenters. The molecule has 1 aliphatic carbocycles. The Labute approximate surface area is 127 Å². The standard InChI is InChI=1S/C17H16O3S/c1-17(2)14-13(15(18)11-6-7-21-16(11)14)10-5-4-9(19-3)8-12(10)20-17/h4-8,13-14H,1-3H3/t13-,14+/m0/s1. The quantitative estimate of drug-likeness (QED) is 0.799. The van der Waals surface area contributed by atoms with Crippen LogP contribution in [0.15, 0.2) is 29.6 Å². The number of ether oxygens (including phenoxy) is 2. The van der Waals surface area contributed by atoms with Crippen molar-refractivity contribution in [3.05, 3.63) is 45.6 Å². The van der Waals surface area contributed by atoms with Crippen LogP contribution in [0.5, 0.6) is 11.5 Å². The van der Waals surface area contributed by atoms with Gasteiger partial charge in [0.05, 0.1) is 13.0 Å². The van der Waals surface area contributed by atoms with Crippen LogP contribution in [0.4, 0.5) is 0 Å². The van der Waals surface area contributed by atoms with Gasteiger partial charge in [0, 0.05) is 28.0 Å². The van der Waals surface area contributed by atoms with E-state index in [0.29, 0.717) is 0 Å². The molecule has 3 nitrogen and oxygen atoms in total. The molecule has 0 unspecified atom stereocenters. The number of rotatable bonds is 1. The summed E-state index contributed by atoms with van der Waals surface area (Å²) in [6.07, 6.45) is 0. The van der Waals surface area contributed by atoms with Crippen LogP contribution in [0.1, 0.15) is 46.5 Å². The predicted octanol–water partition coefficient (Wildman–Crippen LogP) is 3.99. The topological polar surface area (TPSA) is 35.5 Å². The molecule has 0 amide bonds. The molecule has 1 aromatic heterocycles. The molecule has 0 saturated carbocycles. The lowest BCUT2D eigenvalue weighted by molar-refractivity contribution is 0.0488. The van der Waals surface area contributed by atoms with Gasteiger partial charge in [-0.05, 0) is 31.4 Å². The smallest absolute Gasteiger partial charge is 0.172 e. The van der Waals surface area contributed by atoms with E-state index in [9.17, 15) is 4.79 Å². The summed E-state index contributed by atoms with van der Waals surface area (Å²) in [5, 5.41) is 2.00. The summed E-state index contributed by atoms with van der Waals surface area (Å²) in [4.78, 5) is 14.0. The molecule has 0 fully saturated rings. The van der Waals surface area contributed by atoms with Gasteiger partial charge < -0.3 is 9.47 Å². The van der Waals surface area contributed by atoms with Crippen LogP contribution in [-0.2, 0) is 0 Å². The minimum Gasteiger partial charge on any atom is -0.497 e. The third-order valence-electron chi connectivity index (χ3n) is 4.54. The van der Waals surface area contributed by atoms with Crippen LogP contribution in [0, 0.1) is 0 Å². The Bertz CT molecular complexity index is 744. The molecular formula is C17H16O3S. The van der Waals surface area contributed by atoms with E-state index >= 15 is 0 Å². The Kier molecular flexibility index (Phi) is 2.52. The van der Waals surface area contributed by atoms with E-state index in [1.165, 1.54) is 0 Å². The number of benzene rings is 1. The highest BCUT2D eigenvalue weighted by Crippen LogP contribution is 2.57. The lowest BCUT2D eigenvalue weighted by Gasteiger charge is -2.41. The van der Waals surface area contributed by atoms with Gasteiger partial charge in [0.1, 0.15) is 17.1 Å². The van der Waals surface area contributed by atoms with Crippen molar-refractivity contribution in [1.29, 1.82) is 0 Å². The molecule has 108 valence electrons. The third-order valence-corrected chi connectivity index (χ3v) is 5.54. The zero-order valence-electron chi connectivity index (χ0n) is 12.2. The maximum Gasteiger partial charge on any atom is 0.172 e. The van der Waals surface area contributed by atoms with Crippen molar-refractivity contribution < 1.29 is 14.3 Å². The normalized spacial score (nSPS) is 24.8. The molecule has 2 aromatic rings. The number of carbonyl (C=O) groups is 1. The van der Waals surface area contributed by atoms with Gasteiger partial charge in [-0.25, -0.2) is 0 Å².